The minimum absolute atomic E-state index is 0. The molecule has 0 N–H and O–H groups in total. The fraction of sp³-hybridized carbons (Fsp3) is 0.273. The number of hydrogen-bond acceptors (Lipinski definition) is 0. The largest absolute Gasteiger partial charge is 1.00 e. The van der Waals surface area contributed by atoms with E-state index in [1.807, 2.05) is 24.3 Å². The predicted molar refractivity (Wildman–Crippen MR) is 98.7 cm³/mol. The van der Waals surface area contributed by atoms with Crippen LogP contribution in [0.1, 0.15) is 38.5 Å². The summed E-state index contributed by atoms with van der Waals surface area (Å²) in [5.74, 6) is 0. The number of halogens is 2. The van der Waals surface area contributed by atoms with Crippen molar-refractivity contribution < 1.29 is 48.0 Å². The summed E-state index contributed by atoms with van der Waals surface area (Å²) in [5, 5.41) is 0. The molecular formula is C22H26Cl2Zr. The van der Waals surface area contributed by atoms with Gasteiger partial charge in [-0.1, -0.05) is 0 Å². The number of rotatable bonds is 10. The first kappa shape index (κ1) is 24.4. The van der Waals surface area contributed by atoms with Crippen molar-refractivity contribution >= 4 is 0 Å². The zero-order chi connectivity index (χ0) is 16.7. The van der Waals surface area contributed by atoms with Crippen LogP contribution in [0.4, 0.5) is 0 Å². The second-order valence-electron chi connectivity index (χ2n) is 5.92. The van der Waals surface area contributed by atoms with Crippen molar-refractivity contribution in [3.63, 3.8) is 0 Å². The van der Waals surface area contributed by atoms with Crippen LogP contribution in [0.3, 0.4) is 0 Å². The van der Waals surface area contributed by atoms with E-state index >= 15 is 0 Å². The second-order valence-corrected chi connectivity index (χ2v) is 8.99. The molecule has 0 atom stereocenters. The van der Waals surface area contributed by atoms with Crippen LogP contribution in [0, 0.1) is 0 Å². The third-order valence-electron chi connectivity index (χ3n) is 4.30. The van der Waals surface area contributed by atoms with Gasteiger partial charge in [-0.15, -0.1) is 0 Å². The maximum absolute atomic E-state index is 3.94. The van der Waals surface area contributed by atoms with Crippen molar-refractivity contribution in [3.05, 3.63) is 91.6 Å². The minimum atomic E-state index is -0.813. The molecule has 0 saturated heterocycles. The van der Waals surface area contributed by atoms with E-state index in [1.165, 1.54) is 11.1 Å². The van der Waals surface area contributed by atoms with E-state index in [9.17, 15) is 0 Å². The van der Waals surface area contributed by atoms with Crippen LogP contribution in [-0.4, -0.2) is 0 Å². The molecule has 0 aromatic rings. The van der Waals surface area contributed by atoms with E-state index < -0.39 is 23.2 Å². The Morgan fingerprint density at radius 2 is 1.04 bits per heavy atom. The van der Waals surface area contributed by atoms with Crippen LogP contribution in [0.5, 0.6) is 0 Å². The summed E-state index contributed by atoms with van der Waals surface area (Å²) < 4.78 is 3.36. The SMILES string of the molecule is C=CCC1=CCC(CC=C)=[C]1[Zr+2][C]1=C(CC=C)CC=C1CC=C.[Cl-].[Cl-]. The van der Waals surface area contributed by atoms with Crippen LogP contribution in [0.15, 0.2) is 91.6 Å². The van der Waals surface area contributed by atoms with Gasteiger partial charge in [-0.2, -0.15) is 0 Å². The van der Waals surface area contributed by atoms with E-state index in [0.717, 1.165) is 38.5 Å². The maximum atomic E-state index is 3.94. The molecule has 0 aromatic carbocycles. The van der Waals surface area contributed by atoms with Gasteiger partial charge in [0.2, 0.25) is 0 Å². The zero-order valence-electron chi connectivity index (χ0n) is 14.8. The Kier molecular flexibility index (Phi) is 12.4. The van der Waals surface area contributed by atoms with Crippen molar-refractivity contribution in [2.75, 3.05) is 0 Å². The first-order chi connectivity index (χ1) is 11.2. The second kappa shape index (κ2) is 12.7. The van der Waals surface area contributed by atoms with Crippen LogP contribution in [0.2, 0.25) is 0 Å². The Labute approximate surface area is 177 Å². The predicted octanol–water partition coefficient (Wildman–Crippen LogP) is 0.550. The molecule has 2 aliphatic carbocycles. The van der Waals surface area contributed by atoms with Crippen molar-refractivity contribution in [1.82, 2.24) is 0 Å². The van der Waals surface area contributed by atoms with Gasteiger partial charge in [-0.05, 0) is 0 Å². The van der Waals surface area contributed by atoms with Crippen LogP contribution >= 0.6 is 0 Å². The van der Waals surface area contributed by atoms with E-state index in [2.05, 4.69) is 38.5 Å². The monoisotopic (exact) mass is 450 g/mol. The molecule has 0 spiro atoms. The topological polar surface area (TPSA) is 0 Å². The molecule has 2 aliphatic rings. The smallest absolute Gasteiger partial charge is 1.00 e. The molecule has 0 amide bonds. The molecule has 0 fully saturated rings. The fourth-order valence-electron chi connectivity index (χ4n) is 3.22. The Balaban J connectivity index is 0.00000288. The summed E-state index contributed by atoms with van der Waals surface area (Å²) in [6, 6.07) is 0. The molecule has 0 aromatic heterocycles. The zero-order valence-corrected chi connectivity index (χ0v) is 18.8. The van der Waals surface area contributed by atoms with Gasteiger partial charge < -0.3 is 24.8 Å². The van der Waals surface area contributed by atoms with Gasteiger partial charge in [0.1, 0.15) is 0 Å². The van der Waals surface area contributed by atoms with Crippen LogP contribution in [0.25, 0.3) is 0 Å². The summed E-state index contributed by atoms with van der Waals surface area (Å²) in [6.07, 6.45) is 19.3. The Morgan fingerprint density at radius 3 is 1.36 bits per heavy atom. The standard InChI is InChI=1S/2C11H13.2ClH.Zr/c2*1-3-5-10-7-8-11(9-10)6-4-2;;;/h2*3-4,7H,1-2,5-6,8H2;2*1H;/q;;;;+2/p-2. The normalized spacial score (nSPS) is 15.5. The molecule has 25 heavy (non-hydrogen) atoms. The fourth-order valence-corrected chi connectivity index (χ4v) is 7.50. The Morgan fingerprint density at radius 1 is 0.680 bits per heavy atom. The van der Waals surface area contributed by atoms with Gasteiger partial charge >= 0.3 is 153 Å². The third kappa shape index (κ3) is 6.24. The molecule has 2 rings (SSSR count). The molecule has 0 heterocycles. The van der Waals surface area contributed by atoms with Crippen molar-refractivity contribution in [1.29, 1.82) is 0 Å². The van der Waals surface area contributed by atoms with Crippen molar-refractivity contribution in [2.45, 2.75) is 38.5 Å². The van der Waals surface area contributed by atoms with Crippen molar-refractivity contribution in [3.8, 4) is 0 Å². The molecule has 0 bridgehead atoms. The van der Waals surface area contributed by atoms with E-state index in [1.54, 1.807) is 17.7 Å². The molecule has 0 unspecified atom stereocenters. The van der Waals surface area contributed by atoms with Crippen LogP contribution < -0.4 is 24.8 Å². The molecule has 3 heteroatoms. The number of allylic oxidation sites excluding steroid dienone is 12. The summed E-state index contributed by atoms with van der Waals surface area (Å²) in [4.78, 5) is 0. The van der Waals surface area contributed by atoms with E-state index in [4.69, 9.17) is 0 Å². The van der Waals surface area contributed by atoms with Gasteiger partial charge in [0.05, 0.1) is 0 Å². The molecule has 0 nitrogen and oxygen atoms in total. The van der Waals surface area contributed by atoms with Gasteiger partial charge in [-0.3, -0.25) is 0 Å². The quantitative estimate of drug-likeness (QED) is 0.425. The van der Waals surface area contributed by atoms with Crippen LogP contribution in [-0.2, 0) is 23.2 Å². The first-order valence-corrected chi connectivity index (χ1v) is 10.7. The average molecular weight is 453 g/mol. The minimum Gasteiger partial charge on any atom is -1.00 e. The summed E-state index contributed by atoms with van der Waals surface area (Å²) in [5.41, 5.74) is 6.25. The number of hydrogen-bond donors (Lipinski definition) is 0. The Bertz CT molecular complexity index is 589. The van der Waals surface area contributed by atoms with Crippen molar-refractivity contribution in [2.24, 2.45) is 0 Å². The third-order valence-corrected chi connectivity index (χ3v) is 8.84. The van der Waals surface area contributed by atoms with E-state index in [0.29, 0.717) is 0 Å². The molecular weight excluding hydrogens is 426 g/mol. The van der Waals surface area contributed by atoms with Gasteiger partial charge in [-0.25, -0.2) is 0 Å². The summed E-state index contributed by atoms with van der Waals surface area (Å²) in [7, 11) is 0. The summed E-state index contributed by atoms with van der Waals surface area (Å²) in [6.45, 7) is 15.8. The van der Waals surface area contributed by atoms with E-state index in [-0.39, 0.29) is 24.8 Å². The average Bonchev–Trinajstić information content (AvgIpc) is 3.08. The molecule has 0 saturated carbocycles. The summed E-state index contributed by atoms with van der Waals surface area (Å²) >= 11 is -0.813. The molecule has 132 valence electrons. The van der Waals surface area contributed by atoms with Gasteiger partial charge in [0.15, 0.2) is 0 Å². The maximum Gasteiger partial charge on any atom is -1.00 e. The van der Waals surface area contributed by atoms with Gasteiger partial charge in [0.25, 0.3) is 0 Å². The van der Waals surface area contributed by atoms with Gasteiger partial charge in [0, 0.05) is 0 Å². The Hall–Kier alpha value is -0.617. The molecule has 0 aliphatic heterocycles. The molecule has 0 radical (unpaired) electrons. The first-order valence-electron chi connectivity index (χ1n) is 8.28.